The Morgan fingerprint density at radius 2 is 2.00 bits per heavy atom. The van der Waals surface area contributed by atoms with Crippen molar-refractivity contribution in [1.29, 1.82) is 0 Å². The highest BCUT2D eigenvalue weighted by molar-refractivity contribution is 5.89. The molecule has 0 N–H and O–H groups in total. The van der Waals surface area contributed by atoms with E-state index in [1.165, 1.54) is 6.08 Å². The molecule has 4 nitrogen and oxygen atoms in total. The van der Waals surface area contributed by atoms with E-state index >= 15 is 0 Å². The summed E-state index contributed by atoms with van der Waals surface area (Å²) in [7, 11) is 0. The quantitative estimate of drug-likeness (QED) is 0.318. The van der Waals surface area contributed by atoms with Gasteiger partial charge in [0.1, 0.15) is 0 Å². The summed E-state index contributed by atoms with van der Waals surface area (Å²) >= 11 is 0. The van der Waals surface area contributed by atoms with Crippen molar-refractivity contribution in [3.63, 3.8) is 0 Å². The lowest BCUT2D eigenvalue weighted by Gasteiger charge is -2.03. The molecule has 0 atom stereocenters. The summed E-state index contributed by atoms with van der Waals surface area (Å²) in [6.07, 6.45) is 2.88. The van der Waals surface area contributed by atoms with Gasteiger partial charge in [-0.1, -0.05) is 18.2 Å². The second-order valence-corrected chi connectivity index (χ2v) is 3.18. The third-order valence-corrected chi connectivity index (χ3v) is 1.97. The van der Waals surface area contributed by atoms with E-state index < -0.39 is 0 Å². The van der Waals surface area contributed by atoms with E-state index in [2.05, 4.69) is 4.99 Å². The van der Waals surface area contributed by atoms with Gasteiger partial charge in [0.2, 0.25) is 6.08 Å². The van der Waals surface area contributed by atoms with E-state index in [4.69, 9.17) is 4.74 Å². The van der Waals surface area contributed by atoms with Crippen molar-refractivity contribution >= 4 is 12.0 Å². The summed E-state index contributed by atoms with van der Waals surface area (Å²) in [4.78, 5) is 24.6. The number of hydrogen-bond donors (Lipinski definition) is 0. The van der Waals surface area contributed by atoms with Crippen LogP contribution in [-0.4, -0.2) is 25.2 Å². The molecule has 0 amide bonds. The summed E-state index contributed by atoms with van der Waals surface area (Å²) < 4.78 is 5.03. The number of unbranched alkanes of at least 4 members (excludes halogenated alkanes) is 1. The Hall–Kier alpha value is -1.93. The highest BCUT2D eigenvalue weighted by Crippen LogP contribution is 2.02. The molecule has 4 heteroatoms. The fraction of sp³-hybridized carbons (Fsp3) is 0.333. The normalized spacial score (nSPS) is 9.25. The van der Waals surface area contributed by atoms with Crippen molar-refractivity contribution in [1.82, 2.24) is 0 Å². The molecule has 0 spiro atoms. The van der Waals surface area contributed by atoms with E-state index in [-0.39, 0.29) is 5.97 Å². The van der Waals surface area contributed by atoms with Crippen molar-refractivity contribution in [2.75, 3.05) is 13.2 Å². The molecule has 0 saturated carbocycles. The summed E-state index contributed by atoms with van der Waals surface area (Å²) in [5.41, 5.74) is 0.549. The summed E-state index contributed by atoms with van der Waals surface area (Å²) in [5.74, 6) is -0.320. The Balaban J connectivity index is 2.18. The zero-order valence-electron chi connectivity index (χ0n) is 8.89. The summed E-state index contributed by atoms with van der Waals surface area (Å²) in [6, 6.07) is 8.83. The van der Waals surface area contributed by atoms with Gasteiger partial charge in [0.15, 0.2) is 0 Å². The maximum atomic E-state index is 11.4. The number of carbonyl (C=O) groups is 1. The number of benzene rings is 1. The second-order valence-electron chi connectivity index (χ2n) is 3.18. The van der Waals surface area contributed by atoms with Crippen LogP contribution in [0.1, 0.15) is 23.2 Å². The average Bonchev–Trinajstić information content (AvgIpc) is 2.34. The van der Waals surface area contributed by atoms with Crippen molar-refractivity contribution < 1.29 is 14.3 Å². The molecule has 1 aromatic rings. The highest BCUT2D eigenvalue weighted by Gasteiger charge is 2.04. The first-order valence-electron chi connectivity index (χ1n) is 5.10. The Morgan fingerprint density at radius 1 is 1.25 bits per heavy atom. The van der Waals surface area contributed by atoms with Crippen LogP contribution < -0.4 is 0 Å². The summed E-state index contributed by atoms with van der Waals surface area (Å²) in [5, 5.41) is 0. The van der Waals surface area contributed by atoms with Gasteiger partial charge in [-0.2, -0.15) is 0 Å². The van der Waals surface area contributed by atoms with Gasteiger partial charge >= 0.3 is 5.97 Å². The first-order chi connectivity index (χ1) is 7.84. The number of rotatable bonds is 6. The molecule has 0 aliphatic heterocycles. The Kier molecular flexibility index (Phi) is 5.59. The monoisotopic (exact) mass is 219 g/mol. The van der Waals surface area contributed by atoms with Crippen molar-refractivity contribution in [3.8, 4) is 0 Å². The molecule has 84 valence electrons. The van der Waals surface area contributed by atoms with Gasteiger partial charge in [0.25, 0.3) is 0 Å². The van der Waals surface area contributed by atoms with Gasteiger partial charge in [-0.3, -0.25) is 0 Å². The van der Waals surface area contributed by atoms with Gasteiger partial charge in [-0.25, -0.2) is 14.6 Å². The Labute approximate surface area is 94.0 Å². The minimum absolute atomic E-state index is 0.320. The fourth-order valence-corrected chi connectivity index (χ4v) is 1.16. The van der Waals surface area contributed by atoms with Crippen molar-refractivity contribution in [2.24, 2.45) is 4.99 Å². The lowest BCUT2D eigenvalue weighted by molar-refractivity contribution is 0.0499. The number of carbonyl (C=O) groups excluding carboxylic acids is 2. The fourth-order valence-electron chi connectivity index (χ4n) is 1.16. The molecule has 0 fully saturated rings. The van der Waals surface area contributed by atoms with Crippen LogP contribution in [0, 0.1) is 0 Å². The molecular weight excluding hydrogens is 206 g/mol. The Bertz CT molecular complexity index is 369. The molecule has 0 saturated heterocycles. The van der Waals surface area contributed by atoms with Gasteiger partial charge in [-0.05, 0) is 25.0 Å². The van der Waals surface area contributed by atoms with E-state index in [1.807, 2.05) is 6.07 Å². The molecule has 0 aliphatic rings. The highest BCUT2D eigenvalue weighted by atomic mass is 16.5. The van der Waals surface area contributed by atoms with Crippen LogP contribution in [-0.2, 0) is 9.53 Å². The standard InChI is InChI=1S/C12H13NO3/c14-10-13-8-4-5-9-16-12(15)11-6-2-1-3-7-11/h1-3,6-7H,4-5,8-9H2. The van der Waals surface area contributed by atoms with Crippen LogP contribution >= 0.6 is 0 Å². The van der Waals surface area contributed by atoms with Gasteiger partial charge in [-0.15, -0.1) is 0 Å². The maximum Gasteiger partial charge on any atom is 0.338 e. The first kappa shape index (κ1) is 12.1. The number of nitrogens with zero attached hydrogens (tertiary/aromatic N) is 1. The predicted molar refractivity (Wildman–Crippen MR) is 58.9 cm³/mol. The SMILES string of the molecule is O=C=NCCCCOC(=O)c1ccccc1. The van der Waals surface area contributed by atoms with E-state index in [0.717, 1.165) is 6.42 Å². The van der Waals surface area contributed by atoms with E-state index in [0.29, 0.717) is 25.1 Å². The van der Waals surface area contributed by atoms with E-state index in [9.17, 15) is 9.59 Å². The van der Waals surface area contributed by atoms with Crippen LogP contribution in [0.4, 0.5) is 0 Å². The Morgan fingerprint density at radius 3 is 2.69 bits per heavy atom. The maximum absolute atomic E-state index is 11.4. The number of esters is 1. The molecular formula is C12H13NO3. The number of aliphatic imine (C=N–C) groups is 1. The van der Waals surface area contributed by atoms with Crippen LogP contribution in [0.25, 0.3) is 0 Å². The van der Waals surface area contributed by atoms with Crippen molar-refractivity contribution in [3.05, 3.63) is 35.9 Å². The lowest BCUT2D eigenvalue weighted by Crippen LogP contribution is -2.06. The average molecular weight is 219 g/mol. The third-order valence-electron chi connectivity index (χ3n) is 1.97. The lowest BCUT2D eigenvalue weighted by atomic mass is 10.2. The third kappa shape index (κ3) is 4.53. The van der Waals surface area contributed by atoms with Crippen molar-refractivity contribution in [2.45, 2.75) is 12.8 Å². The van der Waals surface area contributed by atoms with Crippen LogP contribution in [0.3, 0.4) is 0 Å². The largest absolute Gasteiger partial charge is 0.462 e. The number of isocyanates is 1. The molecule has 0 heterocycles. The van der Waals surface area contributed by atoms with E-state index in [1.54, 1.807) is 24.3 Å². The molecule has 0 unspecified atom stereocenters. The molecule has 16 heavy (non-hydrogen) atoms. The first-order valence-corrected chi connectivity index (χ1v) is 5.10. The minimum Gasteiger partial charge on any atom is -0.462 e. The number of hydrogen-bond acceptors (Lipinski definition) is 4. The zero-order chi connectivity index (χ0) is 11.6. The van der Waals surface area contributed by atoms with Crippen LogP contribution in [0.5, 0.6) is 0 Å². The predicted octanol–water partition coefficient (Wildman–Crippen LogP) is 1.96. The van der Waals surface area contributed by atoms with Gasteiger partial charge in [0.05, 0.1) is 18.7 Å². The topological polar surface area (TPSA) is 55.7 Å². The smallest absolute Gasteiger partial charge is 0.338 e. The molecule has 0 aromatic heterocycles. The van der Waals surface area contributed by atoms with Crippen LogP contribution in [0.15, 0.2) is 35.3 Å². The molecule has 0 radical (unpaired) electrons. The van der Waals surface area contributed by atoms with Crippen LogP contribution in [0.2, 0.25) is 0 Å². The molecule has 0 bridgehead atoms. The van der Waals surface area contributed by atoms with Gasteiger partial charge < -0.3 is 4.74 Å². The van der Waals surface area contributed by atoms with Gasteiger partial charge in [0, 0.05) is 0 Å². The second kappa shape index (κ2) is 7.37. The minimum atomic E-state index is -0.320. The molecule has 1 rings (SSSR count). The zero-order valence-corrected chi connectivity index (χ0v) is 8.89. The summed E-state index contributed by atoms with van der Waals surface area (Å²) in [6.45, 7) is 0.786. The molecule has 0 aliphatic carbocycles. The molecule has 1 aromatic carbocycles. The number of ether oxygens (including phenoxy) is 1.